The zero-order valence-corrected chi connectivity index (χ0v) is 10.3. The van der Waals surface area contributed by atoms with E-state index in [4.69, 9.17) is 5.73 Å². The minimum Gasteiger partial charge on any atom is -0.399 e. The molecule has 0 aromatic heterocycles. The molecule has 0 bridgehead atoms. The normalized spacial score (nSPS) is 15.8. The summed E-state index contributed by atoms with van der Waals surface area (Å²) in [7, 11) is 0. The van der Waals surface area contributed by atoms with Gasteiger partial charge in [-0.05, 0) is 59.4 Å². The van der Waals surface area contributed by atoms with Crippen molar-refractivity contribution in [2.24, 2.45) is 0 Å². The van der Waals surface area contributed by atoms with Crippen LogP contribution in [0.5, 0.6) is 0 Å². The lowest BCUT2D eigenvalue weighted by atomic mass is 10.0. The number of benzene rings is 2. The standard InChI is InChI=1S/C16H13F2N/c17-15-6-1-10(8-16(15)18)7-11-2-3-12-9-13(19)4-5-14(11)12/h1,4-9H,2-3,19H2/b11-7+. The molecule has 0 saturated carbocycles. The highest BCUT2D eigenvalue weighted by Gasteiger charge is 2.16. The largest absolute Gasteiger partial charge is 0.399 e. The Labute approximate surface area is 110 Å². The lowest BCUT2D eigenvalue weighted by Crippen LogP contribution is -1.88. The van der Waals surface area contributed by atoms with Crippen LogP contribution in [0.1, 0.15) is 23.1 Å². The zero-order valence-electron chi connectivity index (χ0n) is 10.3. The Morgan fingerprint density at radius 1 is 0.947 bits per heavy atom. The molecular weight excluding hydrogens is 244 g/mol. The number of anilines is 1. The van der Waals surface area contributed by atoms with Crippen molar-refractivity contribution in [1.82, 2.24) is 0 Å². The number of hydrogen-bond acceptors (Lipinski definition) is 1. The first-order valence-electron chi connectivity index (χ1n) is 6.18. The summed E-state index contributed by atoms with van der Waals surface area (Å²) in [6.45, 7) is 0. The first kappa shape index (κ1) is 11.9. The summed E-state index contributed by atoms with van der Waals surface area (Å²) in [6.07, 6.45) is 3.75. The number of rotatable bonds is 1. The second kappa shape index (κ2) is 4.50. The van der Waals surface area contributed by atoms with Crippen LogP contribution in [0.15, 0.2) is 36.4 Å². The zero-order chi connectivity index (χ0) is 13.4. The van der Waals surface area contributed by atoms with Gasteiger partial charge in [0.2, 0.25) is 0 Å². The summed E-state index contributed by atoms with van der Waals surface area (Å²) < 4.78 is 26.1. The van der Waals surface area contributed by atoms with Gasteiger partial charge in [-0.1, -0.05) is 18.2 Å². The van der Waals surface area contributed by atoms with Crippen molar-refractivity contribution in [3.8, 4) is 0 Å². The van der Waals surface area contributed by atoms with Crippen molar-refractivity contribution in [2.45, 2.75) is 12.8 Å². The van der Waals surface area contributed by atoms with E-state index in [1.54, 1.807) is 6.07 Å². The fourth-order valence-electron chi connectivity index (χ4n) is 2.49. The maximum absolute atomic E-state index is 13.2. The molecule has 0 atom stereocenters. The molecule has 96 valence electrons. The highest BCUT2D eigenvalue weighted by atomic mass is 19.2. The van der Waals surface area contributed by atoms with E-state index in [0.29, 0.717) is 5.56 Å². The quantitative estimate of drug-likeness (QED) is 0.767. The monoisotopic (exact) mass is 257 g/mol. The highest BCUT2D eigenvalue weighted by molar-refractivity contribution is 5.85. The van der Waals surface area contributed by atoms with E-state index >= 15 is 0 Å². The van der Waals surface area contributed by atoms with Crippen LogP contribution < -0.4 is 5.73 Å². The van der Waals surface area contributed by atoms with E-state index in [1.165, 1.54) is 11.6 Å². The van der Waals surface area contributed by atoms with E-state index in [0.717, 1.165) is 35.7 Å². The highest BCUT2D eigenvalue weighted by Crippen LogP contribution is 2.34. The Kier molecular flexibility index (Phi) is 2.82. The van der Waals surface area contributed by atoms with Crippen LogP contribution in [0, 0.1) is 11.6 Å². The fourth-order valence-corrected chi connectivity index (χ4v) is 2.49. The van der Waals surface area contributed by atoms with Gasteiger partial charge in [0, 0.05) is 5.69 Å². The molecule has 0 fully saturated rings. The van der Waals surface area contributed by atoms with E-state index in [-0.39, 0.29) is 0 Å². The van der Waals surface area contributed by atoms with Crippen LogP contribution in [0.3, 0.4) is 0 Å². The number of fused-ring (bicyclic) bond motifs is 1. The molecule has 1 aliphatic rings. The Hall–Kier alpha value is -2.16. The third kappa shape index (κ3) is 2.24. The summed E-state index contributed by atoms with van der Waals surface area (Å²) in [5.41, 5.74) is 10.7. The number of nitrogens with two attached hydrogens (primary N) is 1. The minimum atomic E-state index is -0.818. The van der Waals surface area contributed by atoms with Crippen LogP contribution in [-0.4, -0.2) is 0 Å². The number of hydrogen-bond donors (Lipinski definition) is 1. The molecule has 19 heavy (non-hydrogen) atoms. The van der Waals surface area contributed by atoms with Crippen molar-refractivity contribution in [3.05, 3.63) is 64.7 Å². The molecule has 2 aromatic carbocycles. The SMILES string of the molecule is Nc1ccc2c(c1)CC/C2=C\c1ccc(F)c(F)c1. The van der Waals surface area contributed by atoms with Crippen LogP contribution >= 0.6 is 0 Å². The lowest BCUT2D eigenvalue weighted by Gasteiger charge is -2.03. The third-order valence-electron chi connectivity index (χ3n) is 3.42. The van der Waals surface area contributed by atoms with Gasteiger partial charge in [-0.3, -0.25) is 0 Å². The number of nitrogen functional groups attached to an aromatic ring is 1. The van der Waals surface area contributed by atoms with E-state index in [1.807, 2.05) is 24.3 Å². The Bertz CT molecular complexity index is 674. The minimum absolute atomic E-state index is 0.679. The van der Waals surface area contributed by atoms with Crippen molar-refractivity contribution in [3.63, 3.8) is 0 Å². The molecule has 2 N–H and O–H groups in total. The molecule has 3 heteroatoms. The van der Waals surface area contributed by atoms with Crippen LogP contribution in [0.2, 0.25) is 0 Å². The predicted octanol–water partition coefficient (Wildman–Crippen LogP) is 4.03. The van der Waals surface area contributed by atoms with Gasteiger partial charge in [0.15, 0.2) is 11.6 Å². The third-order valence-corrected chi connectivity index (χ3v) is 3.42. The van der Waals surface area contributed by atoms with Gasteiger partial charge in [-0.2, -0.15) is 0 Å². The molecule has 0 spiro atoms. The summed E-state index contributed by atoms with van der Waals surface area (Å²) in [6, 6.07) is 9.78. The Morgan fingerprint density at radius 3 is 2.58 bits per heavy atom. The molecule has 1 aliphatic carbocycles. The Morgan fingerprint density at radius 2 is 1.79 bits per heavy atom. The second-order valence-corrected chi connectivity index (χ2v) is 4.76. The van der Waals surface area contributed by atoms with Crippen molar-refractivity contribution >= 4 is 17.3 Å². The van der Waals surface area contributed by atoms with Crippen molar-refractivity contribution in [2.75, 3.05) is 5.73 Å². The van der Waals surface area contributed by atoms with Gasteiger partial charge in [0.1, 0.15) is 0 Å². The molecule has 0 heterocycles. The van der Waals surface area contributed by atoms with Gasteiger partial charge in [-0.15, -0.1) is 0 Å². The molecular formula is C16H13F2N. The molecule has 1 nitrogen and oxygen atoms in total. The maximum Gasteiger partial charge on any atom is 0.159 e. The van der Waals surface area contributed by atoms with Crippen LogP contribution in [0.4, 0.5) is 14.5 Å². The van der Waals surface area contributed by atoms with Gasteiger partial charge in [0.05, 0.1) is 0 Å². The molecule has 0 saturated heterocycles. The summed E-state index contributed by atoms with van der Waals surface area (Å²) in [4.78, 5) is 0. The average Bonchev–Trinajstić information content (AvgIpc) is 2.76. The molecule has 0 aliphatic heterocycles. The first-order valence-corrected chi connectivity index (χ1v) is 6.18. The van der Waals surface area contributed by atoms with Gasteiger partial charge < -0.3 is 5.73 Å². The molecule has 2 aromatic rings. The predicted molar refractivity (Wildman–Crippen MR) is 73.4 cm³/mol. The van der Waals surface area contributed by atoms with E-state index in [2.05, 4.69) is 0 Å². The lowest BCUT2D eigenvalue weighted by molar-refractivity contribution is 0.508. The van der Waals surface area contributed by atoms with Crippen LogP contribution in [0.25, 0.3) is 11.6 Å². The maximum atomic E-state index is 13.2. The second-order valence-electron chi connectivity index (χ2n) is 4.76. The van der Waals surface area contributed by atoms with Crippen molar-refractivity contribution in [1.29, 1.82) is 0 Å². The molecule has 0 unspecified atom stereocenters. The molecule has 0 amide bonds. The number of allylic oxidation sites excluding steroid dienone is 1. The fraction of sp³-hybridized carbons (Fsp3) is 0.125. The summed E-state index contributed by atoms with van der Waals surface area (Å²) >= 11 is 0. The number of halogens is 2. The van der Waals surface area contributed by atoms with E-state index < -0.39 is 11.6 Å². The smallest absolute Gasteiger partial charge is 0.159 e. The van der Waals surface area contributed by atoms with Gasteiger partial charge in [0.25, 0.3) is 0 Å². The first-order chi connectivity index (χ1) is 9.13. The summed E-state index contributed by atoms with van der Waals surface area (Å²) in [5, 5.41) is 0. The molecule has 3 rings (SSSR count). The Balaban J connectivity index is 2.00. The average molecular weight is 257 g/mol. The van der Waals surface area contributed by atoms with E-state index in [9.17, 15) is 8.78 Å². The number of aryl methyl sites for hydroxylation is 1. The molecule has 0 radical (unpaired) electrons. The van der Waals surface area contributed by atoms with Crippen molar-refractivity contribution < 1.29 is 8.78 Å². The van der Waals surface area contributed by atoms with Crippen LogP contribution in [-0.2, 0) is 6.42 Å². The topological polar surface area (TPSA) is 26.0 Å². The summed E-state index contributed by atoms with van der Waals surface area (Å²) in [5.74, 6) is -1.63. The van der Waals surface area contributed by atoms with Gasteiger partial charge >= 0.3 is 0 Å². The van der Waals surface area contributed by atoms with Gasteiger partial charge in [-0.25, -0.2) is 8.78 Å².